The van der Waals surface area contributed by atoms with Crippen LogP contribution in [0.15, 0.2) is 112 Å². The van der Waals surface area contributed by atoms with Gasteiger partial charge in [-0.3, -0.25) is 0 Å². The molecule has 0 fully saturated rings. The molecule has 3 rings (SSSR count). The van der Waals surface area contributed by atoms with E-state index in [1.807, 2.05) is 55.5 Å². The largest absolute Gasteiger partial charge is 0.407 e. The minimum absolute atomic E-state index is 0.115. The number of aliphatic hydroxyl groups excluding tert-OH is 1. The molecule has 1 unspecified atom stereocenters. The van der Waals surface area contributed by atoms with Crippen molar-refractivity contribution in [3.8, 4) is 0 Å². The van der Waals surface area contributed by atoms with Gasteiger partial charge >= 0.3 is 0 Å². The van der Waals surface area contributed by atoms with Crippen LogP contribution in [0.25, 0.3) is 0 Å². The summed E-state index contributed by atoms with van der Waals surface area (Å²) >= 11 is 0. The zero-order chi connectivity index (χ0) is 26.2. The first-order valence-electron chi connectivity index (χ1n) is 12.5. The minimum atomic E-state index is -2.66. The fraction of sp³-hybridized carbons (Fsp3) is 0.333. The van der Waals surface area contributed by atoms with Gasteiger partial charge < -0.3 is 9.53 Å². The van der Waals surface area contributed by atoms with Gasteiger partial charge in [-0.05, 0) is 34.0 Å². The van der Waals surface area contributed by atoms with Gasteiger partial charge in [0.15, 0.2) is 0 Å². The second kappa shape index (κ2) is 12.1. The van der Waals surface area contributed by atoms with Crippen molar-refractivity contribution in [3.63, 3.8) is 0 Å². The zero-order valence-electron chi connectivity index (χ0n) is 22.0. The molecule has 0 spiro atoms. The molecule has 0 aliphatic carbocycles. The first-order chi connectivity index (χ1) is 17.1. The first-order valence-corrected chi connectivity index (χ1v) is 15.9. The lowest BCUT2D eigenvalue weighted by molar-refractivity contribution is 0.106. The Balaban J connectivity index is 1.79. The summed E-state index contributed by atoms with van der Waals surface area (Å²) in [7, 11) is -3.73. The van der Waals surface area contributed by atoms with E-state index in [0.29, 0.717) is 17.9 Å². The number of nitrogens with zero attached hydrogens (tertiary/aromatic N) is 1. The van der Waals surface area contributed by atoms with Crippen LogP contribution in [0.1, 0.15) is 34.1 Å². The summed E-state index contributed by atoms with van der Waals surface area (Å²) in [4.78, 5) is 0.667. The number of hydrogen-bond acceptors (Lipinski definition) is 4. The topological polar surface area (TPSA) is 58.9 Å². The summed E-state index contributed by atoms with van der Waals surface area (Å²) in [5.41, 5.74) is 0. The van der Waals surface area contributed by atoms with Gasteiger partial charge in [-0.1, -0.05) is 113 Å². The van der Waals surface area contributed by atoms with E-state index in [1.165, 1.54) is 10.4 Å². The van der Waals surface area contributed by atoms with Crippen LogP contribution in [0.2, 0.25) is 5.04 Å². The molecule has 0 saturated carbocycles. The highest BCUT2D eigenvalue weighted by Gasteiger charge is 2.50. The molecule has 0 bridgehead atoms. The van der Waals surface area contributed by atoms with Gasteiger partial charge in [0.25, 0.3) is 8.32 Å². The van der Waals surface area contributed by atoms with Crippen LogP contribution < -0.4 is 10.4 Å². The Morgan fingerprint density at radius 1 is 0.917 bits per heavy atom. The molecule has 0 aliphatic heterocycles. The molecular weight excluding hydrogens is 482 g/mol. The van der Waals surface area contributed by atoms with Gasteiger partial charge in [0.1, 0.15) is 0 Å². The predicted molar refractivity (Wildman–Crippen MR) is 154 cm³/mol. The molecule has 3 atom stereocenters. The van der Waals surface area contributed by atoms with Crippen molar-refractivity contribution in [2.75, 3.05) is 13.7 Å². The highest BCUT2D eigenvalue weighted by atomic mass is 32.2. The summed E-state index contributed by atoms with van der Waals surface area (Å²) < 4.78 is 24.4. The lowest BCUT2D eigenvalue weighted by Gasteiger charge is -2.43. The van der Waals surface area contributed by atoms with E-state index in [-0.39, 0.29) is 11.0 Å². The molecule has 0 radical (unpaired) electrons. The van der Waals surface area contributed by atoms with Crippen LogP contribution in [0, 0.1) is 5.92 Å². The lowest BCUT2D eigenvalue weighted by atomic mass is 10.0. The van der Waals surface area contributed by atoms with E-state index >= 15 is 0 Å². The molecule has 0 heterocycles. The third-order valence-corrected chi connectivity index (χ3v) is 13.7. The molecule has 0 saturated heterocycles. The number of rotatable bonds is 10. The molecular formula is C30H39NO3SSi. The molecule has 4 nitrogen and oxygen atoms in total. The average Bonchev–Trinajstić information content (AvgIpc) is 2.90. The number of hydrogen-bond donors (Lipinski definition) is 1. The van der Waals surface area contributed by atoms with Crippen molar-refractivity contribution >= 4 is 28.4 Å². The number of aliphatic hydroxyl groups is 1. The molecule has 1 N–H and O–H groups in total. The van der Waals surface area contributed by atoms with E-state index in [2.05, 4.69) is 73.7 Å². The van der Waals surface area contributed by atoms with Gasteiger partial charge in [-0.2, -0.15) is 0 Å². The third kappa shape index (κ3) is 6.24. The third-order valence-electron chi connectivity index (χ3n) is 6.67. The summed E-state index contributed by atoms with van der Waals surface area (Å²) in [5.74, 6) is -0.195. The Morgan fingerprint density at radius 2 is 1.39 bits per heavy atom. The van der Waals surface area contributed by atoms with Crippen LogP contribution in [-0.2, 0) is 14.2 Å². The average molecular weight is 522 g/mol. The molecule has 0 aromatic heterocycles. The summed E-state index contributed by atoms with van der Waals surface area (Å²) in [6, 6.07) is 30.2. The van der Waals surface area contributed by atoms with Crippen molar-refractivity contribution in [1.29, 1.82) is 0 Å². The smallest absolute Gasteiger partial charge is 0.261 e. The summed E-state index contributed by atoms with van der Waals surface area (Å²) in [5, 5.41) is 14.9. The van der Waals surface area contributed by atoms with E-state index in [4.69, 9.17) is 4.43 Å². The van der Waals surface area contributed by atoms with Gasteiger partial charge in [0.2, 0.25) is 0 Å². The Bertz CT molecular complexity index is 1190. The van der Waals surface area contributed by atoms with E-state index < -0.39 is 24.2 Å². The zero-order valence-corrected chi connectivity index (χ0v) is 23.8. The van der Waals surface area contributed by atoms with Gasteiger partial charge in [-0.25, -0.2) is 8.57 Å². The van der Waals surface area contributed by atoms with Crippen molar-refractivity contribution in [1.82, 2.24) is 0 Å². The molecule has 36 heavy (non-hydrogen) atoms. The predicted octanol–water partition coefficient (Wildman–Crippen LogP) is 5.62. The normalized spacial score (nSPS) is 15.8. The quantitative estimate of drug-likeness (QED) is 0.352. The highest BCUT2D eigenvalue weighted by molar-refractivity contribution is 7.96. The molecule has 0 amide bonds. The van der Waals surface area contributed by atoms with Crippen molar-refractivity contribution in [2.24, 2.45) is 10.3 Å². The second-order valence-corrected chi connectivity index (χ2v) is 16.7. The highest BCUT2D eigenvalue weighted by Crippen LogP contribution is 2.37. The maximum Gasteiger partial charge on any atom is 0.261 e. The standard InChI is InChI=1S/C30H39NO3SSi/c1-25(22-24-35(33,31-5)26-15-9-6-10-16-26)29(32)21-23-34-36(30(2,3)4,27-17-11-7-12-18-27)28-19-13-8-14-20-28/h6-20,22,24-25,29,32H,21,23H2,1-5H3/b24-22-/t25-,29+,35?/m1/s1. The van der Waals surface area contributed by atoms with E-state index in [0.717, 1.165) is 0 Å². The molecule has 192 valence electrons. The number of benzene rings is 3. The second-order valence-electron chi connectivity index (χ2n) is 10.1. The van der Waals surface area contributed by atoms with Gasteiger partial charge in [0.05, 0.1) is 20.7 Å². The molecule has 0 aliphatic rings. The molecule has 3 aromatic carbocycles. The summed E-state index contributed by atoms with van der Waals surface area (Å²) in [6.07, 6.45) is 1.66. The fourth-order valence-electron chi connectivity index (χ4n) is 4.58. The minimum Gasteiger partial charge on any atom is -0.407 e. The summed E-state index contributed by atoms with van der Waals surface area (Å²) in [6.45, 7) is 9.10. The SMILES string of the molecule is CN=S(=O)(/C=C\[C@@H](C)[C@@H](O)CCO[Si](c1ccccc1)(c1ccccc1)C(C)(C)C)c1ccccc1. The van der Waals surface area contributed by atoms with Gasteiger partial charge in [0, 0.05) is 25.0 Å². The first kappa shape index (κ1) is 28.1. The Labute approximate surface area is 218 Å². The fourth-order valence-corrected chi connectivity index (χ4v) is 10.7. The van der Waals surface area contributed by atoms with Crippen LogP contribution in [-0.4, -0.2) is 37.4 Å². The molecule has 3 aromatic rings. The van der Waals surface area contributed by atoms with E-state index in [1.54, 1.807) is 12.5 Å². The maximum absolute atomic E-state index is 13.3. The Kier molecular flexibility index (Phi) is 9.47. The van der Waals surface area contributed by atoms with E-state index in [9.17, 15) is 9.32 Å². The van der Waals surface area contributed by atoms with Crippen LogP contribution in [0.5, 0.6) is 0 Å². The molecule has 6 heteroatoms. The van der Waals surface area contributed by atoms with Gasteiger partial charge in [-0.15, -0.1) is 0 Å². The lowest BCUT2D eigenvalue weighted by Crippen LogP contribution is -2.66. The maximum atomic E-state index is 13.3. The Hall–Kier alpha value is -2.51. The van der Waals surface area contributed by atoms with Crippen LogP contribution in [0.4, 0.5) is 0 Å². The van der Waals surface area contributed by atoms with Crippen LogP contribution >= 0.6 is 0 Å². The monoisotopic (exact) mass is 521 g/mol. The van der Waals surface area contributed by atoms with Crippen molar-refractivity contribution in [3.05, 3.63) is 102 Å². The van der Waals surface area contributed by atoms with Crippen molar-refractivity contribution < 1.29 is 13.7 Å². The van der Waals surface area contributed by atoms with Crippen molar-refractivity contribution in [2.45, 2.75) is 50.2 Å². The van der Waals surface area contributed by atoms with Crippen LogP contribution in [0.3, 0.4) is 0 Å². The Morgan fingerprint density at radius 3 is 1.83 bits per heavy atom.